The van der Waals surface area contributed by atoms with Crippen LogP contribution in [0.4, 0.5) is 15.8 Å². The number of anilines is 1. The summed E-state index contributed by atoms with van der Waals surface area (Å²) >= 11 is 5.57. The topological polar surface area (TPSA) is 141 Å². The van der Waals surface area contributed by atoms with Crippen molar-refractivity contribution in [1.29, 1.82) is 10.7 Å². The van der Waals surface area contributed by atoms with E-state index in [4.69, 9.17) is 28.0 Å². The number of nitrogens with zero attached hydrogens (tertiary/aromatic N) is 3. The number of benzene rings is 1. The molecule has 0 aliphatic rings. The van der Waals surface area contributed by atoms with E-state index in [9.17, 15) is 14.5 Å². The fourth-order valence-electron chi connectivity index (χ4n) is 1.06. The predicted octanol–water partition coefficient (Wildman–Crippen LogP) is 1.61. The summed E-state index contributed by atoms with van der Waals surface area (Å²) in [4.78, 5) is 9.93. The second-order valence-corrected chi connectivity index (χ2v) is 3.49. The van der Waals surface area contributed by atoms with Crippen molar-refractivity contribution in [3.63, 3.8) is 0 Å². The Kier molecular flexibility index (Phi) is 4.33. The van der Waals surface area contributed by atoms with Gasteiger partial charge in [0.25, 0.3) is 5.69 Å². The third-order valence-corrected chi connectivity index (χ3v) is 2.28. The lowest BCUT2D eigenvalue weighted by Crippen LogP contribution is -2.22. The number of nitrogens with one attached hydrogen (secondary N) is 2. The molecule has 0 aliphatic heterocycles. The van der Waals surface area contributed by atoms with Gasteiger partial charge < -0.3 is 5.73 Å². The van der Waals surface area contributed by atoms with Crippen molar-refractivity contribution in [3.8, 4) is 6.07 Å². The second-order valence-electron chi connectivity index (χ2n) is 3.11. The number of nitro benzene ring substituents is 1. The van der Waals surface area contributed by atoms with E-state index in [1.807, 2.05) is 0 Å². The van der Waals surface area contributed by atoms with E-state index < -0.39 is 38.7 Å². The molecule has 19 heavy (non-hydrogen) atoms. The van der Waals surface area contributed by atoms with E-state index in [1.165, 1.54) is 6.07 Å². The summed E-state index contributed by atoms with van der Waals surface area (Å²) in [6.45, 7) is 0. The van der Waals surface area contributed by atoms with Gasteiger partial charge in [-0.25, -0.2) is 4.39 Å². The minimum atomic E-state index is -0.897. The van der Waals surface area contributed by atoms with Gasteiger partial charge in [0.1, 0.15) is 16.9 Å². The fourth-order valence-corrected chi connectivity index (χ4v) is 1.26. The second kappa shape index (κ2) is 5.74. The number of nitrogens with two attached hydrogens (primary N) is 1. The average Bonchev–Trinajstić information content (AvgIpc) is 2.34. The van der Waals surface area contributed by atoms with Gasteiger partial charge in [-0.2, -0.15) is 10.4 Å². The van der Waals surface area contributed by atoms with E-state index in [0.717, 1.165) is 12.1 Å². The summed E-state index contributed by atoms with van der Waals surface area (Å²) in [6, 6.07) is 3.20. The third-order valence-electron chi connectivity index (χ3n) is 1.91. The zero-order chi connectivity index (χ0) is 14.6. The maximum Gasteiger partial charge on any atom is 0.295 e. The summed E-state index contributed by atoms with van der Waals surface area (Å²) < 4.78 is 13.2. The lowest BCUT2D eigenvalue weighted by molar-refractivity contribution is -0.384. The molecular formula is C9H6ClFN6O2. The molecule has 0 atom stereocenters. The van der Waals surface area contributed by atoms with Gasteiger partial charge in [0.05, 0.1) is 4.92 Å². The normalized spacial score (nSPS) is 10.7. The molecule has 4 N–H and O–H groups in total. The van der Waals surface area contributed by atoms with E-state index in [1.54, 1.807) is 0 Å². The molecule has 0 spiro atoms. The Balaban J connectivity index is 3.28. The van der Waals surface area contributed by atoms with Crippen LogP contribution in [0.1, 0.15) is 0 Å². The van der Waals surface area contributed by atoms with Crippen LogP contribution in [0, 0.1) is 32.7 Å². The van der Waals surface area contributed by atoms with Crippen LogP contribution in [-0.2, 0) is 0 Å². The van der Waals surface area contributed by atoms with Gasteiger partial charge in [-0.3, -0.25) is 20.9 Å². The molecular weight excluding hydrogens is 279 g/mol. The van der Waals surface area contributed by atoms with Crippen molar-refractivity contribution in [1.82, 2.24) is 0 Å². The standard InChI is InChI=1S/C9H6ClFN6O2/c10-7-4(11)1-2-6(17(18)19)8(7)16-15-5(3-12)9(13)14/h1-2,16H,(H3,13,14)/b15-5+. The van der Waals surface area contributed by atoms with Crippen LogP contribution in [0.2, 0.25) is 5.02 Å². The first kappa shape index (κ1) is 14.3. The van der Waals surface area contributed by atoms with Gasteiger partial charge in [0.15, 0.2) is 11.5 Å². The zero-order valence-electron chi connectivity index (χ0n) is 9.15. The number of halogens is 2. The van der Waals surface area contributed by atoms with Crippen LogP contribution < -0.4 is 11.2 Å². The summed E-state index contributed by atoms with van der Waals surface area (Å²) in [6.07, 6.45) is 0. The largest absolute Gasteiger partial charge is 0.382 e. The highest BCUT2D eigenvalue weighted by atomic mass is 35.5. The smallest absolute Gasteiger partial charge is 0.295 e. The Morgan fingerprint density at radius 2 is 2.32 bits per heavy atom. The number of hydrazone groups is 1. The maximum absolute atomic E-state index is 13.2. The van der Waals surface area contributed by atoms with Crippen molar-refractivity contribution >= 4 is 34.5 Å². The summed E-state index contributed by atoms with van der Waals surface area (Å²) in [7, 11) is 0. The van der Waals surface area contributed by atoms with Crippen LogP contribution >= 0.6 is 11.6 Å². The van der Waals surface area contributed by atoms with E-state index >= 15 is 0 Å². The number of amidine groups is 1. The molecule has 0 heterocycles. The quantitative estimate of drug-likeness (QED) is 0.333. The Morgan fingerprint density at radius 3 is 2.79 bits per heavy atom. The molecule has 0 saturated heterocycles. The number of rotatable bonds is 4. The zero-order valence-corrected chi connectivity index (χ0v) is 9.90. The third kappa shape index (κ3) is 3.14. The van der Waals surface area contributed by atoms with Crippen LogP contribution in [0.25, 0.3) is 0 Å². The first-order valence-electron chi connectivity index (χ1n) is 4.59. The Bertz CT molecular complexity index is 624. The predicted molar refractivity (Wildman–Crippen MR) is 66.6 cm³/mol. The number of nitro groups is 1. The highest BCUT2D eigenvalue weighted by Gasteiger charge is 2.20. The molecule has 0 aromatic heterocycles. The highest BCUT2D eigenvalue weighted by molar-refractivity contribution is 6.46. The van der Waals surface area contributed by atoms with Gasteiger partial charge in [-0.1, -0.05) is 11.6 Å². The first-order chi connectivity index (χ1) is 8.88. The molecule has 1 rings (SSSR count). The number of hydrogen-bond acceptors (Lipinski definition) is 6. The molecule has 10 heteroatoms. The van der Waals surface area contributed by atoms with Crippen molar-refractivity contribution < 1.29 is 9.31 Å². The molecule has 0 aliphatic carbocycles. The van der Waals surface area contributed by atoms with Crippen molar-refractivity contribution in [2.75, 3.05) is 5.43 Å². The minimum absolute atomic E-state index is 0.430. The van der Waals surface area contributed by atoms with Gasteiger partial charge in [0.2, 0.25) is 5.71 Å². The van der Waals surface area contributed by atoms with Crippen LogP contribution in [0.5, 0.6) is 0 Å². The number of hydrogen-bond donors (Lipinski definition) is 3. The van der Waals surface area contributed by atoms with E-state index in [-0.39, 0.29) is 0 Å². The number of nitriles is 1. The Labute approximate surface area is 110 Å². The SMILES string of the molecule is N#C/C(=N\Nc1c([N+](=O)[O-])ccc(F)c1Cl)C(=N)N. The lowest BCUT2D eigenvalue weighted by Gasteiger charge is -2.05. The molecule has 8 nitrogen and oxygen atoms in total. The molecule has 1 aromatic carbocycles. The molecule has 1 aromatic rings. The summed E-state index contributed by atoms with van der Waals surface area (Å²) in [5.74, 6) is -1.54. The van der Waals surface area contributed by atoms with Crippen LogP contribution in [0.3, 0.4) is 0 Å². The Hall–Kier alpha value is -2.73. The highest BCUT2D eigenvalue weighted by Crippen LogP contribution is 2.34. The van der Waals surface area contributed by atoms with E-state index in [0.29, 0.717) is 0 Å². The molecule has 98 valence electrons. The van der Waals surface area contributed by atoms with Gasteiger partial charge in [0, 0.05) is 6.07 Å². The fraction of sp³-hybridized carbons (Fsp3) is 0. The molecule has 0 unspecified atom stereocenters. The summed E-state index contributed by atoms with van der Waals surface area (Å²) in [5.41, 5.74) is 5.61. The van der Waals surface area contributed by atoms with E-state index in [2.05, 4.69) is 10.5 Å². The average molecular weight is 285 g/mol. The van der Waals surface area contributed by atoms with Crippen LogP contribution in [-0.4, -0.2) is 16.5 Å². The van der Waals surface area contributed by atoms with Crippen molar-refractivity contribution in [2.45, 2.75) is 0 Å². The minimum Gasteiger partial charge on any atom is -0.382 e. The summed E-state index contributed by atoms with van der Waals surface area (Å²) in [5, 5.41) is 29.1. The molecule has 0 saturated carbocycles. The van der Waals surface area contributed by atoms with Crippen molar-refractivity contribution in [2.24, 2.45) is 10.8 Å². The van der Waals surface area contributed by atoms with Gasteiger partial charge >= 0.3 is 0 Å². The molecule has 0 amide bonds. The lowest BCUT2D eigenvalue weighted by atomic mass is 10.2. The molecule has 0 fully saturated rings. The molecule has 0 radical (unpaired) electrons. The monoisotopic (exact) mass is 284 g/mol. The van der Waals surface area contributed by atoms with Crippen LogP contribution in [0.15, 0.2) is 17.2 Å². The first-order valence-corrected chi connectivity index (χ1v) is 4.96. The van der Waals surface area contributed by atoms with Gasteiger partial charge in [-0.05, 0) is 6.07 Å². The molecule has 0 bridgehead atoms. The van der Waals surface area contributed by atoms with Crippen molar-refractivity contribution in [3.05, 3.63) is 33.1 Å². The van der Waals surface area contributed by atoms with Gasteiger partial charge in [-0.15, -0.1) is 0 Å². The maximum atomic E-state index is 13.2. The Morgan fingerprint density at radius 1 is 1.68 bits per heavy atom.